The number of hydrogen-bond acceptors (Lipinski definition) is 4. The topological polar surface area (TPSA) is 90.0 Å². The van der Waals surface area contributed by atoms with Gasteiger partial charge in [0.05, 0.1) is 13.1 Å². The van der Waals surface area contributed by atoms with E-state index < -0.39 is 0 Å². The standard InChI is InChI=1S/C20H32N4O4/c25-17(14-23-9-3-1-7-18(23)26)21-12-16-6-5-11-22(13-16)20(28)15-24-10-4-2-8-19(24)27/h16H,1-15H2,(H,21,25)/t16-/m0/s1. The van der Waals surface area contributed by atoms with Crippen LogP contribution in [0.4, 0.5) is 0 Å². The molecule has 1 atom stereocenters. The minimum absolute atomic E-state index is 0.00481. The molecular weight excluding hydrogens is 360 g/mol. The molecule has 3 rings (SSSR count). The van der Waals surface area contributed by atoms with Crippen LogP contribution in [0.5, 0.6) is 0 Å². The van der Waals surface area contributed by atoms with Gasteiger partial charge in [0.1, 0.15) is 0 Å². The van der Waals surface area contributed by atoms with Gasteiger partial charge in [-0.05, 0) is 44.4 Å². The predicted octanol–water partition coefficient (Wildman–Crippen LogP) is 0.366. The lowest BCUT2D eigenvalue weighted by atomic mass is 9.97. The summed E-state index contributed by atoms with van der Waals surface area (Å²) in [6, 6.07) is 0. The van der Waals surface area contributed by atoms with Crippen LogP contribution >= 0.6 is 0 Å². The van der Waals surface area contributed by atoms with Crippen LogP contribution in [0.1, 0.15) is 51.4 Å². The lowest BCUT2D eigenvalue weighted by Crippen LogP contribution is -2.49. The fourth-order valence-electron chi connectivity index (χ4n) is 4.27. The summed E-state index contributed by atoms with van der Waals surface area (Å²) >= 11 is 0. The van der Waals surface area contributed by atoms with Gasteiger partial charge in [0, 0.05) is 45.6 Å². The number of nitrogens with one attached hydrogen (secondary N) is 1. The monoisotopic (exact) mass is 392 g/mol. The van der Waals surface area contributed by atoms with Crippen molar-refractivity contribution in [2.75, 3.05) is 45.8 Å². The molecule has 8 heteroatoms. The normalized spacial score (nSPS) is 23.7. The molecule has 0 aromatic rings. The first-order chi connectivity index (χ1) is 13.5. The number of amides is 4. The Morgan fingerprint density at radius 2 is 1.50 bits per heavy atom. The Morgan fingerprint density at radius 3 is 2.14 bits per heavy atom. The Kier molecular flexibility index (Phi) is 7.28. The zero-order chi connectivity index (χ0) is 19.9. The number of rotatable bonds is 6. The summed E-state index contributed by atoms with van der Waals surface area (Å²) in [5, 5.41) is 2.93. The first-order valence-electron chi connectivity index (χ1n) is 10.6. The minimum Gasteiger partial charge on any atom is -0.354 e. The molecule has 0 saturated carbocycles. The third-order valence-corrected chi connectivity index (χ3v) is 5.96. The third kappa shape index (κ3) is 5.69. The average molecular weight is 393 g/mol. The van der Waals surface area contributed by atoms with E-state index in [2.05, 4.69) is 5.32 Å². The van der Waals surface area contributed by atoms with Crippen LogP contribution in [0.2, 0.25) is 0 Å². The maximum absolute atomic E-state index is 12.6. The number of nitrogens with zero attached hydrogens (tertiary/aromatic N) is 3. The molecule has 1 N–H and O–H groups in total. The molecule has 0 aromatic carbocycles. The Balaban J connectivity index is 1.40. The molecule has 3 heterocycles. The molecule has 28 heavy (non-hydrogen) atoms. The largest absolute Gasteiger partial charge is 0.354 e. The summed E-state index contributed by atoms with van der Waals surface area (Å²) in [7, 11) is 0. The number of carbonyl (C=O) groups is 4. The second-order valence-corrected chi connectivity index (χ2v) is 8.20. The van der Waals surface area contributed by atoms with Crippen molar-refractivity contribution in [3.05, 3.63) is 0 Å². The number of likely N-dealkylation sites (tertiary alicyclic amines) is 3. The minimum atomic E-state index is -0.127. The quantitative estimate of drug-likeness (QED) is 0.707. The number of carbonyl (C=O) groups excluding carboxylic acids is 4. The smallest absolute Gasteiger partial charge is 0.242 e. The molecule has 0 spiro atoms. The Labute approximate surface area is 166 Å². The molecule has 0 radical (unpaired) electrons. The molecule has 0 aliphatic carbocycles. The summed E-state index contributed by atoms with van der Waals surface area (Å²) in [4.78, 5) is 53.6. The van der Waals surface area contributed by atoms with Gasteiger partial charge in [0.15, 0.2) is 0 Å². The third-order valence-electron chi connectivity index (χ3n) is 5.96. The van der Waals surface area contributed by atoms with Gasteiger partial charge < -0.3 is 20.0 Å². The first-order valence-corrected chi connectivity index (χ1v) is 10.6. The van der Waals surface area contributed by atoms with E-state index in [1.165, 1.54) is 0 Å². The van der Waals surface area contributed by atoms with E-state index >= 15 is 0 Å². The van der Waals surface area contributed by atoms with E-state index in [4.69, 9.17) is 0 Å². The SMILES string of the molecule is O=C(CN1CCCCC1=O)NC[C@@H]1CCCN(C(=O)CN2CCCCC2=O)C1. The molecule has 0 bridgehead atoms. The van der Waals surface area contributed by atoms with Gasteiger partial charge in [0.2, 0.25) is 23.6 Å². The molecule has 4 amide bonds. The summed E-state index contributed by atoms with van der Waals surface area (Å²) in [5.41, 5.74) is 0. The Hall–Kier alpha value is -2.12. The van der Waals surface area contributed by atoms with Crippen LogP contribution < -0.4 is 5.32 Å². The molecule has 8 nitrogen and oxygen atoms in total. The number of hydrogen-bond donors (Lipinski definition) is 1. The first kappa shape index (κ1) is 20.6. The molecular formula is C20H32N4O4. The van der Waals surface area contributed by atoms with Crippen molar-refractivity contribution in [1.29, 1.82) is 0 Å². The predicted molar refractivity (Wildman–Crippen MR) is 103 cm³/mol. The lowest BCUT2D eigenvalue weighted by molar-refractivity contribution is -0.142. The van der Waals surface area contributed by atoms with Gasteiger partial charge in [-0.3, -0.25) is 19.2 Å². The zero-order valence-electron chi connectivity index (χ0n) is 16.7. The molecule has 3 aliphatic heterocycles. The highest BCUT2D eigenvalue weighted by Gasteiger charge is 2.28. The van der Waals surface area contributed by atoms with E-state index in [1.807, 2.05) is 4.90 Å². The molecule has 3 aliphatic rings. The van der Waals surface area contributed by atoms with Crippen molar-refractivity contribution in [3.63, 3.8) is 0 Å². The summed E-state index contributed by atoms with van der Waals surface area (Å²) < 4.78 is 0. The fourth-order valence-corrected chi connectivity index (χ4v) is 4.27. The van der Waals surface area contributed by atoms with E-state index in [9.17, 15) is 19.2 Å². The molecule has 156 valence electrons. The van der Waals surface area contributed by atoms with E-state index in [0.717, 1.165) is 38.5 Å². The highest BCUT2D eigenvalue weighted by atomic mass is 16.2. The molecule has 0 aromatic heterocycles. The number of piperidine rings is 3. The highest BCUT2D eigenvalue weighted by molar-refractivity contribution is 5.86. The van der Waals surface area contributed by atoms with Gasteiger partial charge in [-0.2, -0.15) is 0 Å². The summed E-state index contributed by atoms with van der Waals surface area (Å²) in [6.07, 6.45) is 6.70. The second kappa shape index (κ2) is 9.89. The van der Waals surface area contributed by atoms with Crippen LogP contribution in [0, 0.1) is 5.92 Å². The van der Waals surface area contributed by atoms with Crippen LogP contribution in [-0.2, 0) is 19.2 Å². The van der Waals surface area contributed by atoms with Crippen molar-refractivity contribution >= 4 is 23.6 Å². The van der Waals surface area contributed by atoms with Crippen molar-refractivity contribution < 1.29 is 19.2 Å². The summed E-state index contributed by atoms with van der Waals surface area (Å²) in [5.74, 6) is 0.231. The van der Waals surface area contributed by atoms with Crippen molar-refractivity contribution in [1.82, 2.24) is 20.0 Å². The second-order valence-electron chi connectivity index (χ2n) is 8.20. The van der Waals surface area contributed by atoms with Crippen LogP contribution in [-0.4, -0.2) is 84.1 Å². The van der Waals surface area contributed by atoms with E-state index in [1.54, 1.807) is 9.80 Å². The highest BCUT2D eigenvalue weighted by Crippen LogP contribution is 2.17. The maximum Gasteiger partial charge on any atom is 0.242 e. The van der Waals surface area contributed by atoms with Crippen LogP contribution in [0.3, 0.4) is 0 Å². The maximum atomic E-state index is 12.6. The van der Waals surface area contributed by atoms with Gasteiger partial charge in [0.25, 0.3) is 0 Å². The van der Waals surface area contributed by atoms with Crippen LogP contribution in [0.25, 0.3) is 0 Å². The molecule has 3 fully saturated rings. The lowest BCUT2D eigenvalue weighted by Gasteiger charge is -2.35. The summed E-state index contributed by atoms with van der Waals surface area (Å²) in [6.45, 7) is 3.49. The van der Waals surface area contributed by atoms with Gasteiger partial charge in [-0.1, -0.05) is 0 Å². The average Bonchev–Trinajstić information content (AvgIpc) is 2.70. The Bertz CT molecular complexity index is 609. The molecule has 3 saturated heterocycles. The fraction of sp³-hybridized carbons (Fsp3) is 0.800. The van der Waals surface area contributed by atoms with Crippen LogP contribution in [0.15, 0.2) is 0 Å². The van der Waals surface area contributed by atoms with Gasteiger partial charge in [-0.25, -0.2) is 0 Å². The van der Waals surface area contributed by atoms with Crippen molar-refractivity contribution in [2.24, 2.45) is 5.92 Å². The molecule has 0 unspecified atom stereocenters. The van der Waals surface area contributed by atoms with Crippen molar-refractivity contribution in [3.8, 4) is 0 Å². The van der Waals surface area contributed by atoms with E-state index in [-0.39, 0.29) is 42.6 Å². The van der Waals surface area contributed by atoms with Gasteiger partial charge >= 0.3 is 0 Å². The zero-order valence-corrected chi connectivity index (χ0v) is 16.7. The Morgan fingerprint density at radius 1 is 0.857 bits per heavy atom. The van der Waals surface area contributed by atoms with Gasteiger partial charge in [-0.15, -0.1) is 0 Å². The van der Waals surface area contributed by atoms with E-state index in [0.29, 0.717) is 45.6 Å². The van der Waals surface area contributed by atoms with Crippen molar-refractivity contribution in [2.45, 2.75) is 51.4 Å².